The molecule has 1 aliphatic rings. The molecule has 0 radical (unpaired) electrons. The third-order valence-corrected chi connectivity index (χ3v) is 4.46. The molecule has 9 nitrogen and oxygen atoms in total. The second kappa shape index (κ2) is 7.12. The number of nitrogens with zero attached hydrogens (tertiary/aromatic N) is 3. The van der Waals surface area contributed by atoms with Gasteiger partial charge in [0.2, 0.25) is 0 Å². The zero-order valence-corrected chi connectivity index (χ0v) is 14.3. The van der Waals surface area contributed by atoms with Crippen molar-refractivity contribution in [1.29, 1.82) is 0 Å². The molecule has 1 aromatic carbocycles. The summed E-state index contributed by atoms with van der Waals surface area (Å²) >= 11 is 6.23. The van der Waals surface area contributed by atoms with Gasteiger partial charge in [0, 0.05) is 23.7 Å². The van der Waals surface area contributed by atoms with Gasteiger partial charge in [-0.05, 0) is 19.3 Å². The molecule has 1 saturated carbocycles. The monoisotopic (exact) mass is 378 g/mol. The molecule has 26 heavy (non-hydrogen) atoms. The van der Waals surface area contributed by atoms with E-state index in [2.05, 4.69) is 10.3 Å². The van der Waals surface area contributed by atoms with Crippen molar-refractivity contribution < 1.29 is 14.8 Å². The lowest BCUT2D eigenvalue weighted by molar-refractivity contribution is -0.384. The number of aromatic nitrogens is 2. The van der Waals surface area contributed by atoms with E-state index in [-0.39, 0.29) is 34.0 Å². The van der Waals surface area contributed by atoms with Gasteiger partial charge in [-0.1, -0.05) is 23.7 Å². The number of hydrogen-bond acceptors (Lipinski definition) is 6. The number of anilines is 1. The molecule has 0 amide bonds. The van der Waals surface area contributed by atoms with Gasteiger partial charge in [-0.2, -0.15) is 0 Å². The molecule has 1 heterocycles. The Morgan fingerprint density at radius 3 is 2.77 bits per heavy atom. The van der Waals surface area contributed by atoms with Crippen molar-refractivity contribution in [2.24, 2.45) is 0 Å². The van der Waals surface area contributed by atoms with E-state index in [1.807, 2.05) is 0 Å². The van der Waals surface area contributed by atoms with Crippen LogP contribution < -0.4 is 10.9 Å². The number of aliphatic carboxylic acids is 1. The first-order chi connectivity index (χ1) is 12.4. The topological polar surface area (TPSA) is 127 Å². The van der Waals surface area contributed by atoms with Crippen LogP contribution >= 0.6 is 11.6 Å². The maximum absolute atomic E-state index is 12.7. The molecule has 0 unspecified atom stereocenters. The van der Waals surface area contributed by atoms with Crippen molar-refractivity contribution in [3.05, 3.63) is 49.9 Å². The fourth-order valence-corrected chi connectivity index (χ4v) is 3.00. The van der Waals surface area contributed by atoms with Gasteiger partial charge in [-0.15, -0.1) is 0 Å². The lowest BCUT2D eigenvalue weighted by Crippen LogP contribution is -2.35. The van der Waals surface area contributed by atoms with E-state index >= 15 is 0 Å². The van der Waals surface area contributed by atoms with E-state index in [4.69, 9.17) is 11.6 Å². The van der Waals surface area contributed by atoms with Crippen LogP contribution in [0.2, 0.25) is 5.15 Å². The molecule has 0 aliphatic heterocycles. The van der Waals surface area contributed by atoms with Gasteiger partial charge in [0.05, 0.1) is 10.6 Å². The number of carboxylic acids is 1. The summed E-state index contributed by atoms with van der Waals surface area (Å²) in [5.41, 5.74) is -0.568. The molecule has 2 aromatic rings. The van der Waals surface area contributed by atoms with Gasteiger partial charge in [-0.25, -0.2) is 4.98 Å². The lowest BCUT2D eigenvalue weighted by atomic mass is 9.93. The molecule has 136 valence electrons. The normalized spacial score (nSPS) is 13.9. The minimum Gasteiger partial charge on any atom is -0.480 e. The quantitative estimate of drug-likeness (QED) is 0.583. The summed E-state index contributed by atoms with van der Waals surface area (Å²) in [5, 5.41) is 23.0. The van der Waals surface area contributed by atoms with E-state index in [0.29, 0.717) is 0 Å². The molecule has 0 bridgehead atoms. The lowest BCUT2D eigenvalue weighted by Gasteiger charge is -2.27. The van der Waals surface area contributed by atoms with Crippen LogP contribution in [0.1, 0.15) is 19.3 Å². The number of benzene rings is 1. The van der Waals surface area contributed by atoms with Crippen LogP contribution in [0.5, 0.6) is 0 Å². The number of carboxylic acid groups (broad SMARTS) is 1. The number of rotatable bonds is 6. The molecule has 0 atom stereocenters. The highest BCUT2D eigenvalue weighted by Gasteiger charge is 2.24. The Morgan fingerprint density at radius 1 is 1.46 bits per heavy atom. The minimum absolute atomic E-state index is 0.0184. The minimum atomic E-state index is -1.24. The molecule has 3 rings (SSSR count). The van der Waals surface area contributed by atoms with Crippen LogP contribution in [0.3, 0.4) is 0 Å². The Hall–Kier alpha value is -2.94. The molecular weight excluding hydrogens is 364 g/mol. The summed E-state index contributed by atoms with van der Waals surface area (Å²) in [5.74, 6) is -1.26. The molecule has 0 spiro atoms. The predicted molar refractivity (Wildman–Crippen MR) is 94.5 cm³/mol. The highest BCUT2D eigenvalue weighted by atomic mass is 35.5. The highest BCUT2D eigenvalue weighted by molar-refractivity contribution is 6.32. The van der Waals surface area contributed by atoms with Crippen molar-refractivity contribution in [1.82, 2.24) is 9.55 Å². The largest absolute Gasteiger partial charge is 0.480 e. The second-order valence-corrected chi connectivity index (χ2v) is 6.32. The fourth-order valence-electron chi connectivity index (χ4n) is 2.71. The SMILES string of the molecule is O=C(O)Cn1c(-c2cccc([N+](=O)[O-])c2)c(Cl)nc(NC2CCC2)c1=O. The Morgan fingerprint density at radius 2 is 2.19 bits per heavy atom. The van der Waals surface area contributed by atoms with Crippen LogP contribution in [-0.2, 0) is 11.3 Å². The van der Waals surface area contributed by atoms with Gasteiger partial charge in [0.15, 0.2) is 11.0 Å². The summed E-state index contributed by atoms with van der Waals surface area (Å²) in [4.78, 5) is 38.5. The average molecular weight is 379 g/mol. The number of carbonyl (C=O) groups is 1. The number of nitrogens with one attached hydrogen (secondary N) is 1. The number of nitro groups is 1. The van der Waals surface area contributed by atoms with Crippen LogP contribution in [0.15, 0.2) is 29.1 Å². The number of nitro benzene ring substituents is 1. The Kier molecular flexibility index (Phi) is 4.90. The van der Waals surface area contributed by atoms with Crippen molar-refractivity contribution in [3.8, 4) is 11.3 Å². The van der Waals surface area contributed by atoms with Crippen molar-refractivity contribution in [2.75, 3.05) is 5.32 Å². The first kappa shape index (κ1) is 17.9. The number of halogens is 1. The Labute approximate surface area is 152 Å². The Bertz CT molecular complexity index is 939. The van der Waals surface area contributed by atoms with Crippen LogP contribution in [0, 0.1) is 10.1 Å². The molecule has 10 heteroatoms. The van der Waals surface area contributed by atoms with E-state index in [0.717, 1.165) is 23.8 Å². The van der Waals surface area contributed by atoms with Crippen LogP contribution in [-0.4, -0.2) is 31.6 Å². The van der Waals surface area contributed by atoms with Gasteiger partial charge in [0.25, 0.3) is 11.2 Å². The first-order valence-corrected chi connectivity index (χ1v) is 8.28. The molecule has 1 aliphatic carbocycles. The smallest absolute Gasteiger partial charge is 0.323 e. The third-order valence-electron chi connectivity index (χ3n) is 4.19. The highest BCUT2D eigenvalue weighted by Crippen LogP contribution is 2.30. The summed E-state index contributed by atoms with van der Waals surface area (Å²) < 4.78 is 0.970. The van der Waals surface area contributed by atoms with Gasteiger partial charge >= 0.3 is 5.97 Å². The molecule has 1 fully saturated rings. The van der Waals surface area contributed by atoms with Crippen LogP contribution in [0.4, 0.5) is 11.5 Å². The number of non-ortho nitro benzene ring substituents is 1. The van der Waals surface area contributed by atoms with E-state index < -0.39 is 23.0 Å². The van der Waals surface area contributed by atoms with E-state index in [9.17, 15) is 24.8 Å². The maximum atomic E-state index is 12.7. The predicted octanol–water partition coefficient (Wildman–Crippen LogP) is 2.52. The van der Waals surface area contributed by atoms with Gasteiger partial charge in [-0.3, -0.25) is 24.3 Å². The van der Waals surface area contributed by atoms with Crippen molar-refractivity contribution in [3.63, 3.8) is 0 Å². The maximum Gasteiger partial charge on any atom is 0.323 e. The van der Waals surface area contributed by atoms with E-state index in [1.165, 1.54) is 24.3 Å². The summed E-state index contributed by atoms with van der Waals surface area (Å²) in [6.07, 6.45) is 2.83. The summed E-state index contributed by atoms with van der Waals surface area (Å²) in [7, 11) is 0. The Balaban J connectivity index is 2.15. The van der Waals surface area contributed by atoms with Crippen LogP contribution in [0.25, 0.3) is 11.3 Å². The average Bonchev–Trinajstić information content (AvgIpc) is 2.54. The summed E-state index contributed by atoms with van der Waals surface area (Å²) in [6.45, 7) is -0.640. The van der Waals surface area contributed by atoms with Gasteiger partial charge < -0.3 is 10.4 Å². The van der Waals surface area contributed by atoms with Crippen molar-refractivity contribution in [2.45, 2.75) is 31.8 Å². The number of hydrogen-bond donors (Lipinski definition) is 2. The molecule has 1 aromatic heterocycles. The standard InChI is InChI=1S/C16H15ClN4O5/c17-14-13(9-3-1-6-11(7-9)21(25)26)20(8-12(22)23)16(24)15(19-14)18-10-4-2-5-10/h1,3,6-7,10H,2,4-5,8H2,(H,18,19)(H,22,23). The molecule has 0 saturated heterocycles. The zero-order valence-electron chi connectivity index (χ0n) is 13.5. The second-order valence-electron chi connectivity index (χ2n) is 5.96. The first-order valence-electron chi connectivity index (χ1n) is 7.90. The van der Waals surface area contributed by atoms with Gasteiger partial charge in [0.1, 0.15) is 6.54 Å². The summed E-state index contributed by atoms with van der Waals surface area (Å²) in [6, 6.07) is 5.55. The fraction of sp³-hybridized carbons (Fsp3) is 0.312. The molecule has 2 N–H and O–H groups in total. The zero-order chi connectivity index (χ0) is 18.8. The van der Waals surface area contributed by atoms with E-state index in [1.54, 1.807) is 0 Å². The third kappa shape index (κ3) is 3.52. The van der Waals surface area contributed by atoms with Crippen molar-refractivity contribution >= 4 is 29.1 Å². The molecular formula is C16H15ClN4O5.